The lowest BCUT2D eigenvalue weighted by atomic mass is 10.2. The Morgan fingerprint density at radius 3 is 2.71 bits per heavy atom. The van der Waals surface area contributed by atoms with E-state index >= 15 is 0 Å². The Morgan fingerprint density at radius 2 is 2.29 bits per heavy atom. The zero-order valence-corrected chi connectivity index (χ0v) is 8.45. The van der Waals surface area contributed by atoms with E-state index in [0.717, 1.165) is 12.1 Å². The van der Waals surface area contributed by atoms with Crippen molar-refractivity contribution in [1.29, 1.82) is 0 Å². The molecule has 1 heterocycles. The molecule has 0 saturated carbocycles. The standard InChI is InChI=1S/C10H15N3O/c1-7(2)12-5-8-3-4-9(10(11)14)13-6-8/h3-4,6-7,12H,5H2,1-2H3,(H2,11,14). The van der Waals surface area contributed by atoms with Crippen molar-refractivity contribution in [2.75, 3.05) is 0 Å². The van der Waals surface area contributed by atoms with Crippen LogP contribution in [0.15, 0.2) is 18.3 Å². The number of carbonyl (C=O) groups excluding carboxylic acids is 1. The maximum Gasteiger partial charge on any atom is 0.267 e. The molecule has 76 valence electrons. The van der Waals surface area contributed by atoms with Crippen LogP contribution in [0.1, 0.15) is 29.9 Å². The summed E-state index contributed by atoms with van der Waals surface area (Å²) in [5, 5.41) is 3.25. The van der Waals surface area contributed by atoms with E-state index in [2.05, 4.69) is 24.1 Å². The van der Waals surface area contributed by atoms with Gasteiger partial charge in [0.15, 0.2) is 0 Å². The van der Waals surface area contributed by atoms with Gasteiger partial charge in [0.05, 0.1) is 0 Å². The third kappa shape index (κ3) is 3.14. The van der Waals surface area contributed by atoms with Gasteiger partial charge in [-0.05, 0) is 11.6 Å². The van der Waals surface area contributed by atoms with Crippen molar-refractivity contribution in [3.05, 3.63) is 29.6 Å². The second kappa shape index (κ2) is 4.72. The highest BCUT2D eigenvalue weighted by molar-refractivity contribution is 5.90. The summed E-state index contributed by atoms with van der Waals surface area (Å²) in [6.07, 6.45) is 1.66. The van der Waals surface area contributed by atoms with E-state index in [-0.39, 0.29) is 0 Å². The molecule has 0 spiro atoms. The topological polar surface area (TPSA) is 68.0 Å². The van der Waals surface area contributed by atoms with Gasteiger partial charge >= 0.3 is 0 Å². The molecular weight excluding hydrogens is 178 g/mol. The van der Waals surface area contributed by atoms with Crippen molar-refractivity contribution >= 4 is 5.91 Å². The van der Waals surface area contributed by atoms with E-state index in [1.807, 2.05) is 6.07 Å². The number of amides is 1. The van der Waals surface area contributed by atoms with E-state index < -0.39 is 5.91 Å². The second-order valence-electron chi connectivity index (χ2n) is 3.45. The van der Waals surface area contributed by atoms with Crippen molar-refractivity contribution in [1.82, 2.24) is 10.3 Å². The Balaban J connectivity index is 2.60. The summed E-state index contributed by atoms with van der Waals surface area (Å²) in [7, 11) is 0. The molecule has 0 atom stereocenters. The number of hydrogen-bond acceptors (Lipinski definition) is 3. The summed E-state index contributed by atoms with van der Waals surface area (Å²) in [4.78, 5) is 14.7. The number of hydrogen-bond donors (Lipinski definition) is 2. The minimum absolute atomic E-state index is 0.304. The molecule has 4 heteroatoms. The van der Waals surface area contributed by atoms with Crippen LogP contribution in [0.2, 0.25) is 0 Å². The van der Waals surface area contributed by atoms with Crippen molar-refractivity contribution < 1.29 is 4.79 Å². The van der Waals surface area contributed by atoms with Crippen LogP contribution >= 0.6 is 0 Å². The number of nitrogens with one attached hydrogen (secondary N) is 1. The minimum Gasteiger partial charge on any atom is -0.364 e. The third-order valence-electron chi connectivity index (χ3n) is 1.79. The maximum absolute atomic E-state index is 10.7. The van der Waals surface area contributed by atoms with Crippen LogP contribution in [-0.2, 0) is 6.54 Å². The van der Waals surface area contributed by atoms with Gasteiger partial charge in [0.25, 0.3) is 5.91 Å². The van der Waals surface area contributed by atoms with Crippen molar-refractivity contribution in [2.45, 2.75) is 26.4 Å². The highest BCUT2D eigenvalue weighted by atomic mass is 16.1. The Bertz CT molecular complexity index is 306. The van der Waals surface area contributed by atoms with E-state index in [1.54, 1.807) is 12.3 Å². The molecule has 1 aromatic heterocycles. The van der Waals surface area contributed by atoms with Crippen LogP contribution in [0.5, 0.6) is 0 Å². The first-order chi connectivity index (χ1) is 6.59. The minimum atomic E-state index is -0.492. The van der Waals surface area contributed by atoms with Crippen molar-refractivity contribution in [2.24, 2.45) is 5.73 Å². The molecule has 1 amide bonds. The molecule has 0 radical (unpaired) electrons. The Labute approximate surface area is 83.5 Å². The van der Waals surface area contributed by atoms with Crippen molar-refractivity contribution in [3.63, 3.8) is 0 Å². The second-order valence-corrected chi connectivity index (χ2v) is 3.45. The smallest absolute Gasteiger partial charge is 0.267 e. The number of nitrogens with zero attached hydrogens (tertiary/aromatic N) is 1. The van der Waals surface area contributed by atoms with Crippen LogP contribution in [-0.4, -0.2) is 16.9 Å². The van der Waals surface area contributed by atoms with Crippen molar-refractivity contribution in [3.8, 4) is 0 Å². The molecule has 0 saturated heterocycles. The third-order valence-corrected chi connectivity index (χ3v) is 1.79. The normalized spacial score (nSPS) is 10.5. The Kier molecular flexibility index (Phi) is 3.59. The van der Waals surface area contributed by atoms with Crippen LogP contribution in [0, 0.1) is 0 Å². The summed E-state index contributed by atoms with van der Waals surface area (Å²) in [5.74, 6) is -0.492. The van der Waals surface area contributed by atoms with E-state index in [0.29, 0.717) is 11.7 Å². The van der Waals surface area contributed by atoms with Gasteiger partial charge in [-0.25, -0.2) is 0 Å². The van der Waals surface area contributed by atoms with Gasteiger partial charge in [0.2, 0.25) is 0 Å². The summed E-state index contributed by atoms with van der Waals surface area (Å²) in [5.41, 5.74) is 6.42. The summed E-state index contributed by atoms with van der Waals surface area (Å²) < 4.78 is 0. The Hall–Kier alpha value is -1.42. The van der Waals surface area contributed by atoms with Gasteiger partial charge in [0.1, 0.15) is 5.69 Å². The Morgan fingerprint density at radius 1 is 1.57 bits per heavy atom. The molecule has 0 bridgehead atoms. The molecule has 4 nitrogen and oxygen atoms in total. The fourth-order valence-corrected chi connectivity index (χ4v) is 0.997. The number of rotatable bonds is 4. The highest BCUT2D eigenvalue weighted by Gasteiger charge is 2.01. The van der Waals surface area contributed by atoms with Crippen LogP contribution in [0.4, 0.5) is 0 Å². The molecule has 0 aliphatic heterocycles. The number of primary amides is 1. The molecule has 0 unspecified atom stereocenters. The van der Waals surface area contributed by atoms with Gasteiger partial charge in [-0.15, -0.1) is 0 Å². The number of nitrogens with two attached hydrogens (primary N) is 1. The number of carbonyl (C=O) groups is 1. The molecule has 1 rings (SSSR count). The average molecular weight is 193 g/mol. The quantitative estimate of drug-likeness (QED) is 0.738. The largest absolute Gasteiger partial charge is 0.364 e. The van der Waals surface area contributed by atoms with Gasteiger partial charge in [-0.3, -0.25) is 9.78 Å². The van der Waals surface area contributed by atoms with Gasteiger partial charge in [-0.2, -0.15) is 0 Å². The molecule has 0 aromatic carbocycles. The predicted molar refractivity (Wildman–Crippen MR) is 54.7 cm³/mol. The van der Waals surface area contributed by atoms with Crippen LogP contribution in [0.25, 0.3) is 0 Å². The zero-order chi connectivity index (χ0) is 10.6. The van der Waals surface area contributed by atoms with E-state index in [4.69, 9.17) is 5.73 Å². The summed E-state index contributed by atoms with van der Waals surface area (Å²) in [6.45, 7) is 4.90. The fourth-order valence-electron chi connectivity index (χ4n) is 0.997. The fraction of sp³-hybridized carbons (Fsp3) is 0.400. The molecule has 0 aliphatic carbocycles. The van der Waals surface area contributed by atoms with Gasteiger partial charge in [-0.1, -0.05) is 19.9 Å². The average Bonchev–Trinajstić information content (AvgIpc) is 2.15. The molecule has 3 N–H and O–H groups in total. The van der Waals surface area contributed by atoms with Crippen LogP contribution < -0.4 is 11.1 Å². The van der Waals surface area contributed by atoms with Gasteiger partial charge < -0.3 is 11.1 Å². The van der Waals surface area contributed by atoms with Gasteiger partial charge in [0, 0.05) is 18.8 Å². The zero-order valence-electron chi connectivity index (χ0n) is 8.45. The SMILES string of the molecule is CC(C)NCc1ccc(C(N)=O)nc1. The predicted octanol–water partition coefficient (Wildman–Crippen LogP) is 0.678. The van der Waals surface area contributed by atoms with E-state index in [9.17, 15) is 4.79 Å². The lowest BCUT2D eigenvalue weighted by Crippen LogP contribution is -2.22. The first kappa shape index (κ1) is 10.7. The summed E-state index contributed by atoms with van der Waals surface area (Å²) >= 11 is 0. The first-order valence-electron chi connectivity index (χ1n) is 4.57. The first-order valence-corrected chi connectivity index (χ1v) is 4.57. The molecule has 1 aromatic rings. The van der Waals surface area contributed by atoms with E-state index in [1.165, 1.54) is 0 Å². The molecular formula is C10H15N3O. The highest BCUT2D eigenvalue weighted by Crippen LogP contribution is 1.99. The lowest BCUT2D eigenvalue weighted by molar-refractivity contribution is 0.0995. The molecule has 14 heavy (non-hydrogen) atoms. The maximum atomic E-state index is 10.7. The lowest BCUT2D eigenvalue weighted by Gasteiger charge is -2.07. The molecule has 0 fully saturated rings. The monoisotopic (exact) mass is 193 g/mol. The molecule has 0 aliphatic rings. The van der Waals surface area contributed by atoms with Crippen LogP contribution in [0.3, 0.4) is 0 Å². The number of pyridine rings is 1. The summed E-state index contributed by atoms with van der Waals surface area (Å²) in [6, 6.07) is 3.92. The number of aromatic nitrogens is 1.